The van der Waals surface area contributed by atoms with Crippen LogP contribution in [0.15, 0.2) is 30.3 Å². The molecule has 0 aliphatic rings. The predicted molar refractivity (Wildman–Crippen MR) is 69.4 cm³/mol. The number of hydrogen-bond acceptors (Lipinski definition) is 5. The molecule has 2 aromatic rings. The van der Waals surface area contributed by atoms with Crippen LogP contribution in [0.25, 0.3) is 0 Å². The Morgan fingerprint density at radius 2 is 2.21 bits per heavy atom. The highest BCUT2D eigenvalue weighted by Gasteiger charge is 2.13. The van der Waals surface area contributed by atoms with Gasteiger partial charge in [0.2, 0.25) is 5.82 Å². The first-order chi connectivity index (χ1) is 9.10. The van der Waals surface area contributed by atoms with Crippen LogP contribution < -0.4 is 5.32 Å². The van der Waals surface area contributed by atoms with E-state index in [4.69, 9.17) is 5.26 Å². The number of anilines is 1. The molecule has 1 aromatic heterocycles. The summed E-state index contributed by atoms with van der Waals surface area (Å²) in [5.41, 5.74) is -0.0940. The van der Waals surface area contributed by atoms with Gasteiger partial charge in [-0.1, -0.05) is 0 Å². The molecule has 0 unspecified atom stereocenters. The Balaban J connectivity index is 2.06. The molecule has 2 rings (SSSR count). The Morgan fingerprint density at radius 3 is 2.79 bits per heavy atom. The van der Waals surface area contributed by atoms with E-state index in [1.165, 1.54) is 17.4 Å². The number of rotatable bonds is 4. The third kappa shape index (κ3) is 3.05. The SMILES string of the molecule is N#Cc1ccc(CNc2ccc([N+](=O)[O-])c(F)c2)s1. The van der Waals surface area contributed by atoms with Crippen molar-refractivity contribution in [2.45, 2.75) is 6.54 Å². The largest absolute Gasteiger partial charge is 0.380 e. The molecule has 0 atom stereocenters. The predicted octanol–water partition coefficient (Wildman–Crippen LogP) is 3.28. The lowest BCUT2D eigenvalue weighted by molar-refractivity contribution is -0.387. The van der Waals surface area contributed by atoms with Crippen molar-refractivity contribution in [2.75, 3.05) is 5.32 Å². The van der Waals surface area contributed by atoms with E-state index >= 15 is 0 Å². The van der Waals surface area contributed by atoms with Gasteiger partial charge in [0.1, 0.15) is 10.9 Å². The molecule has 0 spiro atoms. The lowest BCUT2D eigenvalue weighted by Gasteiger charge is -2.04. The number of nitrogens with zero attached hydrogens (tertiary/aromatic N) is 2. The molecule has 0 radical (unpaired) electrons. The molecule has 19 heavy (non-hydrogen) atoms. The van der Waals surface area contributed by atoms with Crippen molar-refractivity contribution in [3.63, 3.8) is 0 Å². The van der Waals surface area contributed by atoms with Gasteiger partial charge >= 0.3 is 5.69 Å². The average Bonchev–Trinajstić information content (AvgIpc) is 2.84. The molecule has 96 valence electrons. The monoisotopic (exact) mass is 277 g/mol. The molecular weight excluding hydrogens is 269 g/mol. The molecule has 0 aliphatic carbocycles. The third-order valence-corrected chi connectivity index (χ3v) is 3.37. The van der Waals surface area contributed by atoms with Crippen LogP contribution in [-0.4, -0.2) is 4.92 Å². The van der Waals surface area contributed by atoms with Crippen molar-refractivity contribution >= 4 is 22.7 Å². The van der Waals surface area contributed by atoms with Crippen LogP contribution in [-0.2, 0) is 6.54 Å². The van der Waals surface area contributed by atoms with Crippen molar-refractivity contribution in [3.8, 4) is 6.07 Å². The maximum Gasteiger partial charge on any atom is 0.304 e. The summed E-state index contributed by atoms with van der Waals surface area (Å²) in [6.07, 6.45) is 0. The fourth-order valence-corrected chi connectivity index (χ4v) is 2.23. The topological polar surface area (TPSA) is 79.0 Å². The Bertz CT molecular complexity index is 663. The molecule has 0 amide bonds. The van der Waals surface area contributed by atoms with E-state index in [-0.39, 0.29) is 0 Å². The Kier molecular flexibility index (Phi) is 3.73. The number of nitro groups is 1. The van der Waals surface area contributed by atoms with Gasteiger partial charge in [-0.25, -0.2) is 0 Å². The number of benzene rings is 1. The van der Waals surface area contributed by atoms with Crippen LogP contribution >= 0.6 is 11.3 Å². The molecule has 0 aliphatic heterocycles. The van der Waals surface area contributed by atoms with Crippen LogP contribution in [0, 0.1) is 27.3 Å². The quantitative estimate of drug-likeness (QED) is 0.687. The normalized spacial score (nSPS) is 9.89. The van der Waals surface area contributed by atoms with Gasteiger partial charge in [-0.3, -0.25) is 10.1 Å². The molecule has 5 nitrogen and oxygen atoms in total. The van der Waals surface area contributed by atoms with E-state index in [1.807, 2.05) is 6.07 Å². The zero-order chi connectivity index (χ0) is 13.8. The summed E-state index contributed by atoms with van der Waals surface area (Å²) in [6, 6.07) is 9.18. The van der Waals surface area contributed by atoms with Crippen LogP contribution in [0.1, 0.15) is 9.75 Å². The van der Waals surface area contributed by atoms with Gasteiger partial charge in [-0.2, -0.15) is 9.65 Å². The van der Waals surface area contributed by atoms with Crippen molar-refractivity contribution in [1.29, 1.82) is 5.26 Å². The van der Waals surface area contributed by atoms with Gasteiger partial charge in [0.25, 0.3) is 0 Å². The number of hydrogen-bond donors (Lipinski definition) is 1. The van der Waals surface area contributed by atoms with E-state index in [0.717, 1.165) is 17.0 Å². The highest BCUT2D eigenvalue weighted by atomic mass is 32.1. The molecular formula is C12H8FN3O2S. The maximum atomic E-state index is 13.4. The third-order valence-electron chi connectivity index (χ3n) is 2.38. The average molecular weight is 277 g/mol. The highest BCUT2D eigenvalue weighted by molar-refractivity contribution is 7.12. The van der Waals surface area contributed by atoms with E-state index in [1.54, 1.807) is 12.1 Å². The lowest BCUT2D eigenvalue weighted by Crippen LogP contribution is -1.99. The van der Waals surface area contributed by atoms with Gasteiger partial charge in [0.15, 0.2) is 0 Å². The molecule has 0 fully saturated rings. The van der Waals surface area contributed by atoms with Crippen LogP contribution in [0.5, 0.6) is 0 Å². The standard InChI is InChI=1S/C12H8FN3O2S/c13-11-5-8(1-4-12(11)16(17)18)15-7-10-3-2-9(6-14)19-10/h1-5,15H,7H2. The second-order valence-corrected chi connectivity index (χ2v) is 4.82. The molecule has 7 heteroatoms. The first-order valence-corrected chi connectivity index (χ1v) is 6.08. The fourth-order valence-electron chi connectivity index (χ4n) is 1.49. The Morgan fingerprint density at radius 1 is 1.42 bits per heavy atom. The molecule has 0 saturated heterocycles. The molecule has 1 aromatic carbocycles. The van der Waals surface area contributed by atoms with Crippen molar-refractivity contribution < 1.29 is 9.31 Å². The summed E-state index contributed by atoms with van der Waals surface area (Å²) in [5.74, 6) is -0.876. The number of nitriles is 1. The van der Waals surface area contributed by atoms with Crippen molar-refractivity contribution in [3.05, 3.63) is 56.0 Å². The summed E-state index contributed by atoms with van der Waals surface area (Å²) in [5, 5.41) is 22.1. The summed E-state index contributed by atoms with van der Waals surface area (Å²) >= 11 is 1.34. The lowest BCUT2D eigenvalue weighted by atomic mass is 10.2. The minimum atomic E-state index is -0.876. The molecule has 1 N–H and O–H groups in total. The number of thiophene rings is 1. The fraction of sp³-hybridized carbons (Fsp3) is 0.0833. The molecule has 1 heterocycles. The van der Waals surface area contributed by atoms with Gasteiger partial charge in [-0.15, -0.1) is 11.3 Å². The van der Waals surface area contributed by atoms with E-state index in [9.17, 15) is 14.5 Å². The first-order valence-electron chi connectivity index (χ1n) is 5.27. The molecule has 0 saturated carbocycles. The summed E-state index contributed by atoms with van der Waals surface area (Å²) in [7, 11) is 0. The smallest absolute Gasteiger partial charge is 0.304 e. The highest BCUT2D eigenvalue weighted by Crippen LogP contribution is 2.22. The second-order valence-electron chi connectivity index (χ2n) is 3.65. The maximum absolute atomic E-state index is 13.4. The zero-order valence-corrected chi connectivity index (χ0v) is 10.4. The first kappa shape index (κ1) is 13.0. The second kappa shape index (κ2) is 5.46. The van der Waals surface area contributed by atoms with Crippen molar-refractivity contribution in [2.24, 2.45) is 0 Å². The number of halogens is 1. The summed E-state index contributed by atoms with van der Waals surface area (Å²) < 4.78 is 13.4. The van der Waals surface area contributed by atoms with E-state index < -0.39 is 16.4 Å². The number of nitro benzene ring substituents is 1. The van der Waals surface area contributed by atoms with E-state index in [0.29, 0.717) is 17.1 Å². The van der Waals surface area contributed by atoms with E-state index in [2.05, 4.69) is 5.32 Å². The minimum absolute atomic E-state index is 0.434. The zero-order valence-electron chi connectivity index (χ0n) is 9.59. The Hall–Kier alpha value is -2.46. The van der Waals surface area contributed by atoms with Crippen molar-refractivity contribution in [1.82, 2.24) is 0 Å². The number of nitrogens with one attached hydrogen (secondary N) is 1. The van der Waals surface area contributed by atoms with Gasteiger partial charge in [0.05, 0.1) is 4.92 Å². The van der Waals surface area contributed by atoms with Crippen LogP contribution in [0.4, 0.5) is 15.8 Å². The summed E-state index contributed by atoms with van der Waals surface area (Å²) in [4.78, 5) is 11.2. The van der Waals surface area contributed by atoms with Crippen LogP contribution in [0.3, 0.4) is 0 Å². The van der Waals surface area contributed by atoms with Gasteiger partial charge < -0.3 is 5.32 Å². The summed E-state index contributed by atoms with van der Waals surface area (Å²) in [6.45, 7) is 0.434. The Labute approximate surface area is 112 Å². The minimum Gasteiger partial charge on any atom is -0.380 e. The van der Waals surface area contributed by atoms with Gasteiger partial charge in [-0.05, 0) is 18.2 Å². The van der Waals surface area contributed by atoms with Gasteiger partial charge in [0, 0.05) is 29.2 Å². The van der Waals surface area contributed by atoms with Crippen LogP contribution in [0.2, 0.25) is 0 Å². The molecule has 0 bridgehead atoms.